The average Bonchev–Trinajstić information content (AvgIpc) is 2.43. The Morgan fingerprint density at radius 1 is 1.21 bits per heavy atom. The van der Waals surface area contributed by atoms with Crippen molar-refractivity contribution in [3.8, 4) is 11.5 Å². The van der Waals surface area contributed by atoms with Crippen LogP contribution in [0.4, 0.5) is 0 Å². The third-order valence-corrected chi connectivity index (χ3v) is 2.25. The van der Waals surface area contributed by atoms with E-state index in [2.05, 4.69) is 6.92 Å². The molecule has 0 aromatic heterocycles. The van der Waals surface area contributed by atoms with E-state index < -0.39 is 5.97 Å². The highest BCUT2D eigenvalue weighted by atomic mass is 16.5. The highest BCUT2D eigenvalue weighted by Crippen LogP contribution is 2.24. The molecule has 4 heteroatoms. The topological polar surface area (TPSA) is 55.8 Å². The van der Waals surface area contributed by atoms with E-state index >= 15 is 0 Å². The number of rotatable bonds is 7. The minimum absolute atomic E-state index is 0.140. The summed E-state index contributed by atoms with van der Waals surface area (Å²) < 4.78 is 10.7. The number of aromatic carboxylic acids is 1. The minimum Gasteiger partial charge on any atom is -0.494 e. The summed E-state index contributed by atoms with van der Waals surface area (Å²) >= 11 is 0. The number of carbonyl (C=O) groups is 1. The Morgan fingerprint density at radius 3 is 2.42 bits per heavy atom. The lowest BCUT2D eigenvalue weighted by Gasteiger charge is -2.10. The van der Waals surface area contributed by atoms with Crippen LogP contribution in [0.25, 0.3) is 0 Å². The molecule has 0 atom stereocenters. The fourth-order valence-corrected chi connectivity index (χ4v) is 1.38. The van der Waals surface area contributed by atoms with Gasteiger partial charge in [-0.1, -0.05) is 27.2 Å². The average molecular weight is 268 g/mol. The molecular formula is C15H24O4. The fourth-order valence-electron chi connectivity index (χ4n) is 1.38. The smallest absolute Gasteiger partial charge is 0.339 e. The Labute approximate surface area is 115 Å². The molecule has 1 N–H and O–H groups in total. The van der Waals surface area contributed by atoms with Crippen molar-refractivity contribution in [2.45, 2.75) is 40.5 Å². The summed E-state index contributed by atoms with van der Waals surface area (Å²) in [5.74, 6) is -0.0588. The predicted octanol–water partition coefficient (Wildman–Crippen LogP) is 3.99. The molecule has 0 heterocycles. The molecule has 0 saturated carbocycles. The van der Waals surface area contributed by atoms with Gasteiger partial charge in [0.1, 0.15) is 17.1 Å². The van der Waals surface area contributed by atoms with Crippen molar-refractivity contribution in [1.29, 1.82) is 0 Å². The van der Waals surface area contributed by atoms with Crippen LogP contribution in [0.5, 0.6) is 11.5 Å². The molecular weight excluding hydrogens is 244 g/mol. The third-order valence-electron chi connectivity index (χ3n) is 2.25. The maximum absolute atomic E-state index is 11.0. The van der Waals surface area contributed by atoms with Gasteiger partial charge < -0.3 is 14.6 Å². The molecule has 0 aliphatic rings. The van der Waals surface area contributed by atoms with Gasteiger partial charge in [0.25, 0.3) is 0 Å². The number of ether oxygens (including phenoxy) is 2. The lowest BCUT2D eigenvalue weighted by atomic mass is 10.2. The summed E-state index contributed by atoms with van der Waals surface area (Å²) in [4.78, 5) is 11.0. The summed E-state index contributed by atoms with van der Waals surface area (Å²) in [7, 11) is 0. The van der Waals surface area contributed by atoms with E-state index in [1.165, 1.54) is 6.07 Å². The van der Waals surface area contributed by atoms with Gasteiger partial charge in [0.15, 0.2) is 0 Å². The zero-order valence-electron chi connectivity index (χ0n) is 12.2. The summed E-state index contributed by atoms with van der Waals surface area (Å²) in [6, 6.07) is 4.87. The monoisotopic (exact) mass is 268 g/mol. The first-order chi connectivity index (χ1) is 9.19. The van der Waals surface area contributed by atoms with Crippen LogP contribution < -0.4 is 9.47 Å². The van der Waals surface area contributed by atoms with Crippen LogP contribution in [0.3, 0.4) is 0 Å². The molecule has 0 saturated heterocycles. The van der Waals surface area contributed by atoms with Crippen molar-refractivity contribution < 1.29 is 19.4 Å². The quantitative estimate of drug-likeness (QED) is 0.760. The van der Waals surface area contributed by atoms with Crippen LogP contribution in [-0.4, -0.2) is 24.3 Å². The molecule has 0 spiro atoms. The van der Waals surface area contributed by atoms with Crippen LogP contribution >= 0.6 is 0 Å². The van der Waals surface area contributed by atoms with Crippen molar-refractivity contribution in [3.05, 3.63) is 23.8 Å². The van der Waals surface area contributed by atoms with Crippen molar-refractivity contribution >= 4 is 5.97 Å². The Morgan fingerprint density at radius 2 is 1.89 bits per heavy atom. The number of hydrogen-bond acceptors (Lipinski definition) is 3. The van der Waals surface area contributed by atoms with Gasteiger partial charge >= 0.3 is 5.97 Å². The van der Waals surface area contributed by atoms with Gasteiger partial charge in [-0.05, 0) is 31.5 Å². The molecule has 1 aromatic rings. The molecule has 0 amide bonds. The van der Waals surface area contributed by atoms with E-state index in [-0.39, 0.29) is 5.56 Å². The molecule has 4 nitrogen and oxygen atoms in total. The van der Waals surface area contributed by atoms with Crippen molar-refractivity contribution in [2.75, 3.05) is 13.2 Å². The molecule has 0 aliphatic heterocycles. The molecule has 1 rings (SSSR count). The van der Waals surface area contributed by atoms with E-state index in [1.807, 2.05) is 20.8 Å². The standard InChI is InChI=1S/C13H18O4.C2H6/c1-3-5-8-17-10-6-7-12(16-4-2)11(9-10)13(14)15;1-2/h6-7,9H,3-5,8H2,1-2H3,(H,14,15);1-2H3. The molecule has 0 unspecified atom stereocenters. The first-order valence-electron chi connectivity index (χ1n) is 6.82. The number of benzene rings is 1. The van der Waals surface area contributed by atoms with Crippen LogP contribution in [0.1, 0.15) is 50.9 Å². The Balaban J connectivity index is 0.00000154. The molecule has 0 fully saturated rings. The SMILES string of the molecule is CC.CCCCOc1ccc(OCC)c(C(=O)O)c1. The highest BCUT2D eigenvalue weighted by Gasteiger charge is 2.12. The van der Waals surface area contributed by atoms with Gasteiger partial charge in [-0.15, -0.1) is 0 Å². The number of carboxylic acid groups (broad SMARTS) is 1. The van der Waals surface area contributed by atoms with Crippen LogP contribution in [0.15, 0.2) is 18.2 Å². The summed E-state index contributed by atoms with van der Waals surface area (Å²) in [6.07, 6.45) is 2.00. The maximum Gasteiger partial charge on any atom is 0.339 e. The van der Waals surface area contributed by atoms with Gasteiger partial charge in [0.2, 0.25) is 0 Å². The van der Waals surface area contributed by atoms with E-state index in [1.54, 1.807) is 12.1 Å². The molecule has 0 bridgehead atoms. The van der Waals surface area contributed by atoms with E-state index in [0.29, 0.717) is 24.7 Å². The first kappa shape index (κ1) is 17.3. The van der Waals surface area contributed by atoms with Gasteiger partial charge in [0, 0.05) is 0 Å². The molecule has 1 aromatic carbocycles. The lowest BCUT2D eigenvalue weighted by molar-refractivity contribution is 0.0692. The second-order valence-corrected chi connectivity index (χ2v) is 3.60. The van der Waals surface area contributed by atoms with Crippen molar-refractivity contribution in [2.24, 2.45) is 0 Å². The predicted molar refractivity (Wildman–Crippen MR) is 76.3 cm³/mol. The van der Waals surface area contributed by atoms with Crippen molar-refractivity contribution in [1.82, 2.24) is 0 Å². The molecule has 108 valence electrons. The molecule has 0 aliphatic carbocycles. The number of carboxylic acids is 1. The Bertz CT molecular complexity index is 374. The van der Waals surface area contributed by atoms with E-state index in [0.717, 1.165) is 12.8 Å². The van der Waals surface area contributed by atoms with Gasteiger partial charge in [-0.2, -0.15) is 0 Å². The van der Waals surface area contributed by atoms with Crippen LogP contribution in [0, 0.1) is 0 Å². The van der Waals surface area contributed by atoms with Crippen molar-refractivity contribution in [3.63, 3.8) is 0 Å². The second kappa shape index (κ2) is 10.2. The van der Waals surface area contributed by atoms with E-state index in [9.17, 15) is 4.79 Å². The summed E-state index contributed by atoms with van der Waals surface area (Å²) in [6.45, 7) is 8.93. The van der Waals surface area contributed by atoms with Crippen LogP contribution in [-0.2, 0) is 0 Å². The van der Waals surface area contributed by atoms with Gasteiger partial charge in [0.05, 0.1) is 13.2 Å². The maximum atomic E-state index is 11.0. The largest absolute Gasteiger partial charge is 0.494 e. The second-order valence-electron chi connectivity index (χ2n) is 3.60. The summed E-state index contributed by atoms with van der Waals surface area (Å²) in [5, 5.41) is 9.05. The van der Waals surface area contributed by atoms with Crippen LogP contribution in [0.2, 0.25) is 0 Å². The summed E-state index contributed by atoms with van der Waals surface area (Å²) in [5.41, 5.74) is 0.140. The number of hydrogen-bond donors (Lipinski definition) is 1. The fraction of sp³-hybridized carbons (Fsp3) is 0.533. The number of unbranched alkanes of at least 4 members (excludes halogenated alkanes) is 1. The highest BCUT2D eigenvalue weighted by molar-refractivity contribution is 5.91. The molecule has 19 heavy (non-hydrogen) atoms. The third kappa shape index (κ3) is 6.13. The minimum atomic E-state index is -1.01. The Hall–Kier alpha value is -1.71. The zero-order chi connectivity index (χ0) is 14.7. The lowest BCUT2D eigenvalue weighted by Crippen LogP contribution is -2.04. The van der Waals surface area contributed by atoms with Gasteiger partial charge in [-0.25, -0.2) is 4.79 Å². The van der Waals surface area contributed by atoms with E-state index in [4.69, 9.17) is 14.6 Å². The Kier molecular flexibility index (Phi) is 9.31. The van der Waals surface area contributed by atoms with Gasteiger partial charge in [-0.3, -0.25) is 0 Å². The first-order valence-corrected chi connectivity index (χ1v) is 6.82. The molecule has 0 radical (unpaired) electrons. The normalized spacial score (nSPS) is 9.26. The zero-order valence-corrected chi connectivity index (χ0v) is 12.2.